The van der Waals surface area contributed by atoms with E-state index in [-0.39, 0.29) is 0 Å². The number of hydrogen-bond donors (Lipinski definition) is 1. The van der Waals surface area contributed by atoms with Gasteiger partial charge in [-0.05, 0) is 56.9 Å². The summed E-state index contributed by atoms with van der Waals surface area (Å²) in [7, 11) is 2.22. The van der Waals surface area contributed by atoms with Crippen molar-refractivity contribution < 1.29 is 0 Å². The highest BCUT2D eigenvalue weighted by Gasteiger charge is 2.39. The molecule has 0 spiro atoms. The fraction of sp³-hybridized carbons (Fsp3) is 0.706. The lowest BCUT2D eigenvalue weighted by molar-refractivity contribution is 0.337. The molecule has 3 heteroatoms. The normalized spacial score (nSPS) is 28.1. The zero-order valence-corrected chi connectivity index (χ0v) is 13.0. The first-order chi connectivity index (χ1) is 9.58. The second-order valence-corrected chi connectivity index (χ2v) is 6.87. The minimum Gasteiger partial charge on any atom is -0.374 e. The smallest absolute Gasteiger partial charge is 0.0445 e. The molecule has 0 amide bonds. The summed E-state index contributed by atoms with van der Waals surface area (Å²) in [4.78, 5) is 6.98. The molecule has 1 aromatic heterocycles. The van der Waals surface area contributed by atoms with Gasteiger partial charge in [0.15, 0.2) is 0 Å². The number of fused-ring (bicyclic) bond motifs is 2. The third kappa shape index (κ3) is 2.44. The van der Waals surface area contributed by atoms with Crippen molar-refractivity contribution in [1.82, 2.24) is 4.98 Å². The highest BCUT2D eigenvalue weighted by molar-refractivity contribution is 5.55. The maximum Gasteiger partial charge on any atom is 0.0445 e. The summed E-state index contributed by atoms with van der Waals surface area (Å²) in [5.41, 5.74) is 10.6. The molecule has 2 aliphatic rings. The van der Waals surface area contributed by atoms with Gasteiger partial charge in [0.25, 0.3) is 0 Å². The Bertz CT molecular complexity index is 497. The highest BCUT2D eigenvalue weighted by atomic mass is 15.1. The number of pyridine rings is 1. The van der Waals surface area contributed by atoms with E-state index in [1.54, 1.807) is 0 Å². The number of aromatic nitrogens is 1. The van der Waals surface area contributed by atoms with Crippen molar-refractivity contribution in [2.45, 2.75) is 46.1 Å². The predicted octanol–water partition coefficient (Wildman–Crippen LogP) is 3.03. The third-order valence-electron chi connectivity index (χ3n) is 5.44. The van der Waals surface area contributed by atoms with Crippen molar-refractivity contribution in [2.75, 3.05) is 18.5 Å². The van der Waals surface area contributed by atoms with Gasteiger partial charge >= 0.3 is 0 Å². The van der Waals surface area contributed by atoms with E-state index in [1.165, 1.54) is 43.5 Å². The van der Waals surface area contributed by atoms with E-state index < -0.39 is 0 Å². The molecule has 1 aromatic rings. The van der Waals surface area contributed by atoms with E-state index in [0.717, 1.165) is 29.1 Å². The van der Waals surface area contributed by atoms with Gasteiger partial charge in [-0.3, -0.25) is 4.98 Å². The number of rotatable bonds is 4. The van der Waals surface area contributed by atoms with Gasteiger partial charge in [-0.1, -0.05) is 6.42 Å². The van der Waals surface area contributed by atoms with Crippen LogP contribution in [-0.4, -0.2) is 18.6 Å². The second-order valence-electron chi connectivity index (χ2n) is 6.87. The summed E-state index contributed by atoms with van der Waals surface area (Å²) in [6.07, 6.45) is 5.86. The lowest BCUT2D eigenvalue weighted by Gasteiger charge is -2.30. The van der Waals surface area contributed by atoms with E-state index in [4.69, 9.17) is 5.73 Å². The van der Waals surface area contributed by atoms with Crippen LogP contribution in [0.1, 0.15) is 42.6 Å². The summed E-state index contributed by atoms with van der Waals surface area (Å²) in [5, 5.41) is 0. The van der Waals surface area contributed by atoms with Crippen molar-refractivity contribution in [3.63, 3.8) is 0 Å². The molecule has 3 rings (SSSR count). The van der Waals surface area contributed by atoms with Crippen molar-refractivity contribution in [1.29, 1.82) is 0 Å². The summed E-state index contributed by atoms with van der Waals surface area (Å²) in [6.45, 7) is 5.90. The van der Waals surface area contributed by atoms with E-state index >= 15 is 0 Å². The van der Waals surface area contributed by atoms with Crippen molar-refractivity contribution in [2.24, 2.45) is 23.5 Å². The van der Waals surface area contributed by atoms with Gasteiger partial charge in [0.05, 0.1) is 0 Å². The van der Waals surface area contributed by atoms with Crippen LogP contribution in [0, 0.1) is 31.6 Å². The number of hydrogen-bond acceptors (Lipinski definition) is 3. The Labute approximate surface area is 122 Å². The largest absolute Gasteiger partial charge is 0.374 e. The molecule has 1 heterocycles. The molecule has 2 aliphatic carbocycles. The molecule has 0 saturated heterocycles. The molecule has 20 heavy (non-hydrogen) atoms. The van der Waals surface area contributed by atoms with E-state index in [1.807, 2.05) is 0 Å². The van der Waals surface area contributed by atoms with Gasteiger partial charge < -0.3 is 10.6 Å². The maximum absolute atomic E-state index is 5.94. The summed E-state index contributed by atoms with van der Waals surface area (Å²) in [6, 6.07) is 2.20. The number of nitrogens with two attached hydrogens (primary N) is 1. The van der Waals surface area contributed by atoms with Crippen LogP contribution in [0.3, 0.4) is 0 Å². The van der Waals surface area contributed by atoms with Crippen LogP contribution in [0.2, 0.25) is 0 Å². The molecule has 2 N–H and O–H groups in total. The Morgan fingerprint density at radius 3 is 2.70 bits per heavy atom. The molecule has 110 valence electrons. The SMILES string of the molecule is Cc1cc(N(C)CC2CC3CCC2C3)c(CN)c(C)n1. The minimum atomic E-state index is 0.579. The Morgan fingerprint density at radius 1 is 1.30 bits per heavy atom. The average molecular weight is 273 g/mol. The van der Waals surface area contributed by atoms with Gasteiger partial charge in [-0.2, -0.15) is 0 Å². The fourth-order valence-corrected chi connectivity index (χ4v) is 4.48. The standard InChI is InChI=1S/C17H27N3/c1-11-6-17(16(9-18)12(2)19-11)20(3)10-15-8-13-4-5-14(15)7-13/h6,13-15H,4-5,7-10,18H2,1-3H3. The van der Waals surface area contributed by atoms with E-state index in [0.29, 0.717) is 6.54 Å². The lowest BCUT2D eigenvalue weighted by Crippen LogP contribution is -2.30. The molecule has 2 bridgehead atoms. The molecule has 2 saturated carbocycles. The van der Waals surface area contributed by atoms with Crippen LogP contribution in [0.25, 0.3) is 0 Å². The Balaban J connectivity index is 1.78. The summed E-state index contributed by atoms with van der Waals surface area (Å²) >= 11 is 0. The third-order valence-corrected chi connectivity index (χ3v) is 5.44. The van der Waals surface area contributed by atoms with Crippen LogP contribution < -0.4 is 10.6 Å². The molecular weight excluding hydrogens is 246 g/mol. The van der Waals surface area contributed by atoms with Gasteiger partial charge in [0.2, 0.25) is 0 Å². The molecule has 0 aliphatic heterocycles. The van der Waals surface area contributed by atoms with Crippen molar-refractivity contribution in [3.8, 4) is 0 Å². The van der Waals surface area contributed by atoms with Gasteiger partial charge in [-0.25, -0.2) is 0 Å². The molecule has 3 nitrogen and oxygen atoms in total. The first kappa shape index (κ1) is 13.9. The number of anilines is 1. The molecule has 3 unspecified atom stereocenters. The second kappa shape index (κ2) is 5.36. The van der Waals surface area contributed by atoms with E-state index in [2.05, 4.69) is 36.8 Å². The van der Waals surface area contributed by atoms with Crippen LogP contribution in [0.15, 0.2) is 6.07 Å². The minimum absolute atomic E-state index is 0.579. The summed E-state index contributed by atoms with van der Waals surface area (Å²) < 4.78 is 0. The number of nitrogens with zero attached hydrogens (tertiary/aromatic N) is 2. The molecule has 2 fully saturated rings. The predicted molar refractivity (Wildman–Crippen MR) is 83.8 cm³/mol. The van der Waals surface area contributed by atoms with Crippen molar-refractivity contribution >= 4 is 5.69 Å². The quantitative estimate of drug-likeness (QED) is 0.917. The average Bonchev–Trinajstić information content (AvgIpc) is 3.00. The Kier molecular flexibility index (Phi) is 3.72. The first-order valence-electron chi connectivity index (χ1n) is 7.96. The molecule has 0 aromatic carbocycles. The Morgan fingerprint density at radius 2 is 2.10 bits per heavy atom. The molecular formula is C17H27N3. The maximum atomic E-state index is 5.94. The zero-order chi connectivity index (χ0) is 14.3. The first-order valence-corrected chi connectivity index (χ1v) is 7.96. The fourth-order valence-electron chi connectivity index (χ4n) is 4.48. The van der Waals surface area contributed by atoms with Crippen LogP contribution in [0.5, 0.6) is 0 Å². The highest BCUT2D eigenvalue weighted by Crippen LogP contribution is 2.48. The van der Waals surface area contributed by atoms with E-state index in [9.17, 15) is 0 Å². The van der Waals surface area contributed by atoms with Crippen LogP contribution >= 0.6 is 0 Å². The topological polar surface area (TPSA) is 42.1 Å². The Hall–Kier alpha value is -1.09. The van der Waals surface area contributed by atoms with Crippen LogP contribution in [0.4, 0.5) is 5.69 Å². The van der Waals surface area contributed by atoms with Crippen LogP contribution in [-0.2, 0) is 6.54 Å². The van der Waals surface area contributed by atoms with Gasteiger partial charge in [0.1, 0.15) is 0 Å². The lowest BCUT2D eigenvalue weighted by atomic mass is 9.88. The summed E-state index contributed by atoms with van der Waals surface area (Å²) in [5.74, 6) is 2.89. The van der Waals surface area contributed by atoms with Gasteiger partial charge in [-0.15, -0.1) is 0 Å². The number of aryl methyl sites for hydroxylation is 2. The molecule has 3 atom stereocenters. The van der Waals surface area contributed by atoms with Crippen molar-refractivity contribution in [3.05, 3.63) is 23.0 Å². The van der Waals surface area contributed by atoms with Gasteiger partial charge in [0, 0.05) is 42.8 Å². The molecule has 0 radical (unpaired) electrons. The monoisotopic (exact) mass is 273 g/mol. The zero-order valence-electron chi connectivity index (χ0n) is 13.0.